The number of anilines is 1. The minimum atomic E-state index is -0.527. The molecular formula is C23H35N3O3. The summed E-state index contributed by atoms with van der Waals surface area (Å²) in [7, 11) is 0. The van der Waals surface area contributed by atoms with Gasteiger partial charge in [0.2, 0.25) is 5.91 Å². The van der Waals surface area contributed by atoms with Gasteiger partial charge in [-0.25, -0.2) is 0 Å². The van der Waals surface area contributed by atoms with Gasteiger partial charge in [0.05, 0.1) is 5.69 Å². The zero-order chi connectivity index (χ0) is 21.0. The third-order valence-corrected chi connectivity index (χ3v) is 5.81. The summed E-state index contributed by atoms with van der Waals surface area (Å²) in [5.41, 5.74) is 1.72. The SMILES string of the molecule is CC[C@@H]1Oc2ccc(C)cc2N(CC(=O)NCCCN2C[C@H](C)C[C@H](C)C2)C1=O. The molecule has 0 unspecified atom stereocenters. The summed E-state index contributed by atoms with van der Waals surface area (Å²) in [5, 5.41) is 2.99. The lowest BCUT2D eigenvalue weighted by atomic mass is 9.92. The second kappa shape index (κ2) is 9.61. The Labute approximate surface area is 174 Å². The Balaban J connectivity index is 1.52. The number of rotatable bonds is 7. The lowest BCUT2D eigenvalue weighted by molar-refractivity contribution is -0.129. The molecule has 160 valence electrons. The molecule has 1 aromatic rings. The summed E-state index contributed by atoms with van der Waals surface area (Å²) in [4.78, 5) is 29.4. The van der Waals surface area contributed by atoms with Gasteiger partial charge in [-0.3, -0.25) is 14.5 Å². The zero-order valence-corrected chi connectivity index (χ0v) is 18.2. The second-order valence-electron chi connectivity index (χ2n) is 8.82. The van der Waals surface area contributed by atoms with Crippen molar-refractivity contribution in [3.63, 3.8) is 0 Å². The fourth-order valence-electron chi connectivity index (χ4n) is 4.56. The topological polar surface area (TPSA) is 61.9 Å². The van der Waals surface area contributed by atoms with E-state index < -0.39 is 6.10 Å². The number of likely N-dealkylation sites (tertiary alicyclic amines) is 1. The highest BCUT2D eigenvalue weighted by molar-refractivity contribution is 6.03. The first kappa shape index (κ1) is 21.6. The van der Waals surface area contributed by atoms with Gasteiger partial charge in [-0.2, -0.15) is 0 Å². The first-order valence-electron chi connectivity index (χ1n) is 10.9. The summed E-state index contributed by atoms with van der Waals surface area (Å²) in [5.74, 6) is 1.90. The number of hydrogen-bond donors (Lipinski definition) is 1. The summed E-state index contributed by atoms with van der Waals surface area (Å²) < 4.78 is 5.81. The van der Waals surface area contributed by atoms with E-state index in [2.05, 4.69) is 24.1 Å². The standard InChI is InChI=1S/C23H35N3O3/c1-5-20-23(28)26(19-12-16(2)7-8-21(19)29-20)15-22(27)24-9-6-10-25-13-17(3)11-18(4)14-25/h7-8,12,17-18,20H,5-6,9-11,13-15H2,1-4H3,(H,24,27)/t17-,18+,20-/m0/s1. The van der Waals surface area contributed by atoms with Crippen molar-refractivity contribution in [1.29, 1.82) is 0 Å². The number of benzene rings is 1. The van der Waals surface area contributed by atoms with Gasteiger partial charge in [0.25, 0.3) is 5.91 Å². The molecule has 0 radical (unpaired) electrons. The smallest absolute Gasteiger partial charge is 0.268 e. The van der Waals surface area contributed by atoms with Crippen molar-refractivity contribution < 1.29 is 14.3 Å². The fourth-order valence-corrected chi connectivity index (χ4v) is 4.56. The van der Waals surface area contributed by atoms with Crippen LogP contribution in [0.3, 0.4) is 0 Å². The van der Waals surface area contributed by atoms with E-state index in [1.54, 1.807) is 4.90 Å². The minimum absolute atomic E-state index is 0.0347. The molecule has 2 amide bonds. The van der Waals surface area contributed by atoms with Crippen molar-refractivity contribution in [2.75, 3.05) is 37.6 Å². The van der Waals surface area contributed by atoms with Crippen molar-refractivity contribution >= 4 is 17.5 Å². The number of nitrogens with one attached hydrogen (secondary N) is 1. The molecular weight excluding hydrogens is 366 g/mol. The number of hydrogen-bond acceptors (Lipinski definition) is 4. The molecule has 1 aromatic carbocycles. The number of aryl methyl sites for hydroxylation is 1. The van der Waals surface area contributed by atoms with Crippen LogP contribution in [0.25, 0.3) is 0 Å². The Morgan fingerprint density at radius 2 is 1.97 bits per heavy atom. The fraction of sp³-hybridized carbons (Fsp3) is 0.652. The normalized spacial score (nSPS) is 24.8. The van der Waals surface area contributed by atoms with Crippen LogP contribution in [-0.2, 0) is 9.59 Å². The molecule has 2 aliphatic rings. The van der Waals surface area contributed by atoms with E-state index in [-0.39, 0.29) is 18.4 Å². The highest BCUT2D eigenvalue weighted by atomic mass is 16.5. The Kier molecular flexibility index (Phi) is 7.17. The van der Waals surface area contributed by atoms with Gasteiger partial charge in [0.1, 0.15) is 12.3 Å². The van der Waals surface area contributed by atoms with E-state index >= 15 is 0 Å². The van der Waals surface area contributed by atoms with E-state index in [9.17, 15) is 9.59 Å². The molecule has 6 nitrogen and oxygen atoms in total. The molecule has 1 fully saturated rings. The zero-order valence-electron chi connectivity index (χ0n) is 18.2. The Hall–Kier alpha value is -2.08. The molecule has 2 heterocycles. The predicted molar refractivity (Wildman–Crippen MR) is 115 cm³/mol. The lowest BCUT2D eigenvalue weighted by Gasteiger charge is -2.35. The van der Waals surface area contributed by atoms with Crippen molar-refractivity contribution in [2.24, 2.45) is 11.8 Å². The van der Waals surface area contributed by atoms with Gasteiger partial charge in [0.15, 0.2) is 6.10 Å². The third kappa shape index (κ3) is 5.50. The molecule has 1 N–H and O–H groups in total. The summed E-state index contributed by atoms with van der Waals surface area (Å²) in [6, 6.07) is 5.75. The number of carbonyl (C=O) groups is 2. The van der Waals surface area contributed by atoms with Crippen molar-refractivity contribution in [3.8, 4) is 5.75 Å². The highest BCUT2D eigenvalue weighted by Crippen LogP contribution is 2.35. The number of piperidine rings is 1. The Morgan fingerprint density at radius 1 is 1.24 bits per heavy atom. The maximum absolute atomic E-state index is 12.8. The van der Waals surface area contributed by atoms with Crippen LogP contribution in [0.4, 0.5) is 5.69 Å². The number of carbonyl (C=O) groups excluding carboxylic acids is 2. The van der Waals surface area contributed by atoms with Crippen molar-refractivity contribution in [2.45, 2.75) is 53.1 Å². The summed E-state index contributed by atoms with van der Waals surface area (Å²) in [6.45, 7) is 12.5. The molecule has 0 spiro atoms. The van der Waals surface area contributed by atoms with E-state index in [0.29, 0.717) is 24.4 Å². The van der Waals surface area contributed by atoms with E-state index in [4.69, 9.17) is 4.74 Å². The monoisotopic (exact) mass is 401 g/mol. The van der Waals surface area contributed by atoms with Gasteiger partial charge in [0, 0.05) is 19.6 Å². The number of ether oxygens (including phenoxy) is 1. The molecule has 2 aliphatic heterocycles. The highest BCUT2D eigenvalue weighted by Gasteiger charge is 2.34. The Morgan fingerprint density at radius 3 is 2.66 bits per heavy atom. The molecule has 0 bridgehead atoms. The van der Waals surface area contributed by atoms with E-state index in [1.807, 2.05) is 32.0 Å². The molecule has 6 heteroatoms. The molecule has 1 saturated heterocycles. The van der Waals surface area contributed by atoms with Crippen LogP contribution in [0.1, 0.15) is 45.6 Å². The van der Waals surface area contributed by atoms with Crippen LogP contribution in [0.15, 0.2) is 18.2 Å². The second-order valence-corrected chi connectivity index (χ2v) is 8.82. The molecule has 0 saturated carbocycles. The molecule has 29 heavy (non-hydrogen) atoms. The first-order valence-corrected chi connectivity index (χ1v) is 10.9. The first-order chi connectivity index (χ1) is 13.9. The quantitative estimate of drug-likeness (QED) is 0.714. The largest absolute Gasteiger partial charge is 0.478 e. The van der Waals surface area contributed by atoms with Gasteiger partial charge in [-0.05, 0) is 62.3 Å². The molecule has 0 aromatic heterocycles. The average molecular weight is 402 g/mol. The van der Waals surface area contributed by atoms with Crippen LogP contribution in [-0.4, -0.2) is 55.5 Å². The predicted octanol–water partition coefficient (Wildman–Crippen LogP) is 2.98. The Bertz CT molecular complexity index is 726. The van der Waals surface area contributed by atoms with Crippen LogP contribution in [0, 0.1) is 18.8 Å². The van der Waals surface area contributed by atoms with Gasteiger partial charge >= 0.3 is 0 Å². The van der Waals surface area contributed by atoms with Gasteiger partial charge < -0.3 is 15.0 Å². The number of amides is 2. The minimum Gasteiger partial charge on any atom is -0.478 e. The lowest BCUT2D eigenvalue weighted by Crippen LogP contribution is -2.49. The maximum atomic E-state index is 12.8. The van der Waals surface area contributed by atoms with Crippen LogP contribution >= 0.6 is 0 Å². The number of fused-ring (bicyclic) bond motifs is 1. The van der Waals surface area contributed by atoms with E-state index in [1.165, 1.54) is 6.42 Å². The van der Waals surface area contributed by atoms with Gasteiger partial charge in [-0.1, -0.05) is 26.8 Å². The van der Waals surface area contributed by atoms with Crippen LogP contribution in [0.5, 0.6) is 5.75 Å². The van der Waals surface area contributed by atoms with Crippen LogP contribution < -0.4 is 15.0 Å². The van der Waals surface area contributed by atoms with Crippen LogP contribution in [0.2, 0.25) is 0 Å². The molecule has 3 rings (SSSR count). The average Bonchev–Trinajstić information content (AvgIpc) is 2.67. The van der Waals surface area contributed by atoms with Crippen molar-refractivity contribution in [3.05, 3.63) is 23.8 Å². The molecule has 0 aliphatic carbocycles. The maximum Gasteiger partial charge on any atom is 0.268 e. The third-order valence-electron chi connectivity index (χ3n) is 5.81. The van der Waals surface area contributed by atoms with Gasteiger partial charge in [-0.15, -0.1) is 0 Å². The molecule has 3 atom stereocenters. The summed E-state index contributed by atoms with van der Waals surface area (Å²) >= 11 is 0. The number of nitrogens with zero attached hydrogens (tertiary/aromatic N) is 2. The summed E-state index contributed by atoms with van der Waals surface area (Å²) in [6.07, 6.45) is 2.29. The van der Waals surface area contributed by atoms with Crippen molar-refractivity contribution in [1.82, 2.24) is 10.2 Å². The van der Waals surface area contributed by atoms with E-state index in [0.717, 1.165) is 43.5 Å².